The van der Waals surface area contributed by atoms with E-state index < -0.39 is 23.5 Å². The Morgan fingerprint density at radius 3 is 2.30 bits per heavy atom. The summed E-state index contributed by atoms with van der Waals surface area (Å²) in [6.07, 6.45) is 0.857. The second-order valence-electron chi connectivity index (χ2n) is 10.4. The number of hydrogen-bond donors (Lipinski definition) is 1. The van der Waals surface area contributed by atoms with Gasteiger partial charge in [-0.05, 0) is 64.9 Å². The van der Waals surface area contributed by atoms with E-state index in [1.54, 1.807) is 24.3 Å². The first-order chi connectivity index (χ1) is 17.6. The summed E-state index contributed by atoms with van der Waals surface area (Å²) in [5.41, 5.74) is 3.97. The number of carbonyl (C=O) groups excluding carboxylic acids is 2. The number of aliphatic hydroxyl groups excluding tert-OH is 1. The molecule has 0 radical (unpaired) electrons. The van der Waals surface area contributed by atoms with Gasteiger partial charge in [-0.2, -0.15) is 0 Å². The summed E-state index contributed by atoms with van der Waals surface area (Å²) in [6, 6.07) is 21.2. The zero-order chi connectivity index (χ0) is 26.5. The molecule has 1 N–H and O–H groups in total. The van der Waals surface area contributed by atoms with Crippen molar-refractivity contribution >= 4 is 39.9 Å². The number of fused-ring (bicyclic) bond motifs is 1. The summed E-state index contributed by atoms with van der Waals surface area (Å²) in [4.78, 5) is 28.8. The van der Waals surface area contributed by atoms with Crippen molar-refractivity contribution in [3.05, 3.63) is 112 Å². The molecule has 3 aromatic carbocycles. The average Bonchev–Trinajstić information content (AvgIpc) is 3.41. The van der Waals surface area contributed by atoms with Crippen LogP contribution in [0.4, 0.5) is 5.69 Å². The number of rotatable bonds is 5. The molecule has 5 nitrogen and oxygen atoms in total. The predicted octanol–water partition coefficient (Wildman–Crippen LogP) is 7.73. The topological polar surface area (TPSA) is 70.7 Å². The number of benzene rings is 3. The SMILES string of the molecule is CCc1ccc(C2C(C(=O)c3cc4cc(Cl)ccc4o3)=C(O)C(=O)N2c2ccc(C(C)(C)C)cc2)cc1. The van der Waals surface area contributed by atoms with Crippen LogP contribution >= 0.6 is 11.6 Å². The van der Waals surface area contributed by atoms with Crippen LogP contribution in [-0.2, 0) is 16.6 Å². The standard InChI is InChI=1S/C31H28ClNO4/c1-5-18-6-8-19(9-7-18)27-26(28(34)25-17-20-16-22(32)12-15-24(20)37-25)29(35)30(36)33(27)23-13-10-21(11-14-23)31(2,3)4/h6-17,27,35H,5H2,1-4H3. The van der Waals surface area contributed by atoms with E-state index in [0.717, 1.165) is 23.1 Å². The number of nitrogens with zero attached hydrogens (tertiary/aromatic N) is 1. The van der Waals surface area contributed by atoms with Crippen molar-refractivity contribution in [3.63, 3.8) is 0 Å². The highest BCUT2D eigenvalue weighted by Gasteiger charge is 2.45. The number of hydrogen-bond acceptors (Lipinski definition) is 4. The molecule has 0 saturated heterocycles. The van der Waals surface area contributed by atoms with Crippen molar-refractivity contribution in [2.45, 2.75) is 45.6 Å². The Kier molecular flexibility index (Phi) is 6.20. The molecule has 6 heteroatoms. The van der Waals surface area contributed by atoms with Crippen LogP contribution in [0.3, 0.4) is 0 Å². The van der Waals surface area contributed by atoms with Crippen molar-refractivity contribution in [2.24, 2.45) is 0 Å². The highest BCUT2D eigenvalue weighted by Crippen LogP contribution is 2.43. The monoisotopic (exact) mass is 513 g/mol. The van der Waals surface area contributed by atoms with Gasteiger partial charge < -0.3 is 9.52 Å². The van der Waals surface area contributed by atoms with E-state index in [1.807, 2.05) is 48.5 Å². The molecule has 0 aliphatic carbocycles. The average molecular weight is 514 g/mol. The van der Waals surface area contributed by atoms with E-state index >= 15 is 0 Å². The normalized spacial score (nSPS) is 16.2. The van der Waals surface area contributed by atoms with Gasteiger partial charge in [0.15, 0.2) is 11.5 Å². The second kappa shape index (κ2) is 9.24. The zero-order valence-corrected chi connectivity index (χ0v) is 22.0. The third-order valence-electron chi connectivity index (χ3n) is 6.87. The van der Waals surface area contributed by atoms with Gasteiger partial charge in [0.25, 0.3) is 5.91 Å². The Morgan fingerprint density at radius 2 is 1.68 bits per heavy atom. The van der Waals surface area contributed by atoms with Crippen molar-refractivity contribution in [1.82, 2.24) is 0 Å². The number of Topliss-reactive ketones (excluding diaryl/α,β-unsaturated/α-hetero) is 1. The van der Waals surface area contributed by atoms with Crippen LogP contribution in [0.1, 0.15) is 61.0 Å². The van der Waals surface area contributed by atoms with Gasteiger partial charge in [0.1, 0.15) is 5.58 Å². The van der Waals surface area contributed by atoms with Crippen LogP contribution in [0, 0.1) is 0 Å². The molecule has 4 aromatic rings. The van der Waals surface area contributed by atoms with Gasteiger partial charge in [-0.3, -0.25) is 14.5 Å². The molecular formula is C31H28ClNO4. The molecule has 5 rings (SSSR count). The minimum Gasteiger partial charge on any atom is -0.503 e. The van der Waals surface area contributed by atoms with Gasteiger partial charge in [0.2, 0.25) is 5.78 Å². The lowest BCUT2D eigenvalue weighted by atomic mass is 9.87. The number of amides is 1. The third kappa shape index (κ3) is 4.44. The molecule has 37 heavy (non-hydrogen) atoms. The number of furan rings is 1. The Labute approximate surface area is 221 Å². The van der Waals surface area contributed by atoms with E-state index in [9.17, 15) is 14.7 Å². The number of carbonyl (C=O) groups is 2. The Morgan fingerprint density at radius 1 is 1.00 bits per heavy atom. The Hall–Kier alpha value is -3.83. The number of aliphatic hydroxyl groups is 1. The molecule has 1 aliphatic rings. The van der Waals surface area contributed by atoms with Crippen LogP contribution in [0.5, 0.6) is 0 Å². The summed E-state index contributed by atoms with van der Waals surface area (Å²) in [7, 11) is 0. The summed E-state index contributed by atoms with van der Waals surface area (Å²) in [5, 5.41) is 12.2. The number of halogens is 1. The zero-order valence-electron chi connectivity index (χ0n) is 21.2. The maximum atomic E-state index is 13.8. The van der Waals surface area contributed by atoms with Gasteiger partial charge >= 0.3 is 0 Å². The predicted molar refractivity (Wildman–Crippen MR) is 146 cm³/mol. The Bertz CT molecular complexity index is 1540. The van der Waals surface area contributed by atoms with Crippen LogP contribution in [0.25, 0.3) is 11.0 Å². The van der Waals surface area contributed by atoms with Crippen LogP contribution in [0.2, 0.25) is 5.02 Å². The maximum Gasteiger partial charge on any atom is 0.294 e. The molecule has 1 amide bonds. The minimum absolute atomic E-state index is 0.0145. The highest BCUT2D eigenvalue weighted by atomic mass is 35.5. The quantitative estimate of drug-likeness (QED) is 0.277. The van der Waals surface area contributed by atoms with E-state index in [1.165, 1.54) is 4.90 Å². The molecule has 0 spiro atoms. The van der Waals surface area contributed by atoms with Crippen molar-refractivity contribution in [1.29, 1.82) is 0 Å². The van der Waals surface area contributed by atoms with E-state index in [-0.39, 0.29) is 16.7 Å². The number of aryl methyl sites for hydroxylation is 1. The molecule has 1 aromatic heterocycles. The van der Waals surface area contributed by atoms with E-state index in [2.05, 4.69) is 27.7 Å². The molecule has 188 valence electrons. The number of ketones is 1. The molecule has 1 unspecified atom stereocenters. The number of anilines is 1. The largest absolute Gasteiger partial charge is 0.503 e. The lowest BCUT2D eigenvalue weighted by Crippen LogP contribution is -2.31. The first-order valence-corrected chi connectivity index (χ1v) is 12.7. The van der Waals surface area contributed by atoms with Gasteiger partial charge in [-0.15, -0.1) is 0 Å². The maximum absolute atomic E-state index is 13.8. The molecule has 1 aliphatic heterocycles. The molecule has 2 heterocycles. The summed E-state index contributed by atoms with van der Waals surface area (Å²) < 4.78 is 5.81. The van der Waals surface area contributed by atoms with Gasteiger partial charge in [0.05, 0.1) is 11.6 Å². The van der Waals surface area contributed by atoms with Crippen LogP contribution < -0.4 is 4.90 Å². The molecule has 0 saturated carbocycles. The molecule has 0 bridgehead atoms. The third-order valence-corrected chi connectivity index (χ3v) is 7.11. The van der Waals surface area contributed by atoms with Gasteiger partial charge in [-0.25, -0.2) is 0 Å². The lowest BCUT2D eigenvalue weighted by Gasteiger charge is -2.28. The smallest absolute Gasteiger partial charge is 0.294 e. The van der Waals surface area contributed by atoms with Crippen LogP contribution in [0.15, 0.2) is 88.5 Å². The second-order valence-corrected chi connectivity index (χ2v) is 10.8. The molecular weight excluding hydrogens is 486 g/mol. The summed E-state index contributed by atoms with van der Waals surface area (Å²) in [6.45, 7) is 8.41. The van der Waals surface area contributed by atoms with E-state index in [4.69, 9.17) is 16.0 Å². The van der Waals surface area contributed by atoms with E-state index in [0.29, 0.717) is 21.7 Å². The first kappa shape index (κ1) is 24.8. The van der Waals surface area contributed by atoms with Gasteiger partial charge in [-0.1, -0.05) is 75.7 Å². The molecule has 1 atom stereocenters. The Balaban J connectivity index is 1.62. The lowest BCUT2D eigenvalue weighted by molar-refractivity contribution is -0.117. The first-order valence-electron chi connectivity index (χ1n) is 12.3. The van der Waals surface area contributed by atoms with Crippen LogP contribution in [-0.4, -0.2) is 16.8 Å². The van der Waals surface area contributed by atoms with Crippen molar-refractivity contribution in [3.8, 4) is 0 Å². The highest BCUT2D eigenvalue weighted by molar-refractivity contribution is 6.31. The van der Waals surface area contributed by atoms with Gasteiger partial charge in [0, 0.05) is 16.1 Å². The van der Waals surface area contributed by atoms with Crippen molar-refractivity contribution < 1.29 is 19.1 Å². The fourth-order valence-corrected chi connectivity index (χ4v) is 4.92. The fraction of sp³-hybridized carbons (Fsp3) is 0.226. The summed E-state index contributed by atoms with van der Waals surface area (Å²) >= 11 is 6.10. The summed E-state index contributed by atoms with van der Waals surface area (Å²) in [5.74, 6) is -1.72. The fourth-order valence-electron chi connectivity index (χ4n) is 4.74. The minimum atomic E-state index is -0.816. The van der Waals surface area contributed by atoms with Crippen molar-refractivity contribution in [2.75, 3.05) is 4.90 Å². The molecule has 0 fully saturated rings.